The molecule has 1 unspecified atom stereocenters. The maximum Gasteiger partial charge on any atom is 1.00 e. The van der Waals surface area contributed by atoms with Crippen molar-refractivity contribution in [1.82, 2.24) is 0 Å². The molecule has 0 amide bonds. The molecular formula is C25H21NaO4. The summed E-state index contributed by atoms with van der Waals surface area (Å²) in [6.07, 6.45) is -0.130. The van der Waals surface area contributed by atoms with Crippen molar-refractivity contribution >= 4 is 5.97 Å². The fraction of sp³-hybridized carbons (Fsp3) is 0.160. The molecule has 0 bridgehead atoms. The van der Waals surface area contributed by atoms with Gasteiger partial charge < -0.3 is 19.4 Å². The molecule has 0 saturated heterocycles. The maximum atomic E-state index is 10.9. The molecule has 0 aromatic heterocycles. The van der Waals surface area contributed by atoms with Gasteiger partial charge in [-0.2, -0.15) is 0 Å². The van der Waals surface area contributed by atoms with Crippen LogP contribution >= 0.6 is 0 Å². The Bertz CT molecular complexity index is 1000. The monoisotopic (exact) mass is 408 g/mol. The normalized spacial score (nSPS) is 10.7. The average molecular weight is 408 g/mol. The van der Waals surface area contributed by atoms with Crippen LogP contribution < -0.4 is 44.1 Å². The third-order valence-electron chi connectivity index (χ3n) is 4.25. The molecule has 0 radical (unpaired) electrons. The van der Waals surface area contributed by atoms with E-state index in [9.17, 15) is 9.90 Å². The zero-order valence-electron chi connectivity index (χ0n) is 17.1. The standard InChI is InChI=1S/C25H22O4.Na/c1-2-7-21(17-25(26)27)20-12-14-22(15-13-20)28-18-19-8-6-11-24(16-19)29-23-9-4-3-5-10-23;/h3-6,8-16,21H,17-18H2,1H3,(H,26,27);/q;+1/p-1. The van der Waals surface area contributed by atoms with E-state index in [-0.39, 0.29) is 41.9 Å². The van der Waals surface area contributed by atoms with Gasteiger partial charge >= 0.3 is 29.6 Å². The van der Waals surface area contributed by atoms with Crippen LogP contribution in [0.5, 0.6) is 17.2 Å². The number of rotatable bonds is 8. The first kappa shape index (κ1) is 23.6. The van der Waals surface area contributed by atoms with E-state index >= 15 is 0 Å². The summed E-state index contributed by atoms with van der Waals surface area (Å²) < 4.78 is 11.7. The van der Waals surface area contributed by atoms with E-state index < -0.39 is 5.97 Å². The zero-order chi connectivity index (χ0) is 20.5. The molecule has 0 aliphatic heterocycles. The van der Waals surface area contributed by atoms with Gasteiger partial charge in [-0.3, -0.25) is 0 Å². The summed E-state index contributed by atoms with van der Waals surface area (Å²) >= 11 is 0. The molecule has 0 heterocycles. The largest absolute Gasteiger partial charge is 1.00 e. The minimum atomic E-state index is -1.12. The van der Waals surface area contributed by atoms with Gasteiger partial charge in [-0.15, -0.1) is 5.92 Å². The molecule has 0 fully saturated rings. The van der Waals surface area contributed by atoms with Crippen LogP contribution in [0.3, 0.4) is 0 Å². The summed E-state index contributed by atoms with van der Waals surface area (Å²) in [6.45, 7) is 2.08. The van der Waals surface area contributed by atoms with Gasteiger partial charge in [0.05, 0.1) is 5.92 Å². The van der Waals surface area contributed by atoms with Gasteiger partial charge in [0.1, 0.15) is 23.9 Å². The van der Waals surface area contributed by atoms with E-state index in [0.29, 0.717) is 12.4 Å². The summed E-state index contributed by atoms with van der Waals surface area (Å²) in [4.78, 5) is 10.9. The Morgan fingerprint density at radius 2 is 1.63 bits per heavy atom. The number of hydrogen-bond acceptors (Lipinski definition) is 4. The number of ether oxygens (including phenoxy) is 2. The van der Waals surface area contributed by atoms with Crippen molar-refractivity contribution in [3.05, 3.63) is 90.0 Å². The Kier molecular flexibility index (Phi) is 9.50. The number of para-hydroxylation sites is 1. The van der Waals surface area contributed by atoms with Crippen molar-refractivity contribution in [2.24, 2.45) is 0 Å². The van der Waals surface area contributed by atoms with Crippen LogP contribution in [0, 0.1) is 11.8 Å². The van der Waals surface area contributed by atoms with Crippen LogP contribution in [0.15, 0.2) is 78.9 Å². The number of hydrogen-bond donors (Lipinski definition) is 0. The summed E-state index contributed by atoms with van der Waals surface area (Å²) in [6, 6.07) is 24.6. The number of aliphatic carboxylic acids is 1. The summed E-state index contributed by atoms with van der Waals surface area (Å²) in [5.74, 6) is 6.40. The van der Waals surface area contributed by atoms with Gasteiger partial charge in [0.15, 0.2) is 0 Å². The Morgan fingerprint density at radius 3 is 2.30 bits per heavy atom. The van der Waals surface area contributed by atoms with Crippen molar-refractivity contribution in [3.8, 4) is 29.1 Å². The van der Waals surface area contributed by atoms with Crippen molar-refractivity contribution in [2.75, 3.05) is 0 Å². The quantitative estimate of drug-likeness (QED) is 0.417. The number of carboxylic acids is 1. The molecule has 0 N–H and O–H groups in total. The van der Waals surface area contributed by atoms with Gasteiger partial charge in [0.25, 0.3) is 0 Å². The molecule has 0 spiro atoms. The van der Waals surface area contributed by atoms with Gasteiger partial charge in [-0.25, -0.2) is 0 Å². The van der Waals surface area contributed by atoms with E-state index in [2.05, 4.69) is 11.8 Å². The van der Waals surface area contributed by atoms with E-state index in [4.69, 9.17) is 9.47 Å². The van der Waals surface area contributed by atoms with Crippen LogP contribution in [0.2, 0.25) is 0 Å². The second-order valence-electron chi connectivity index (χ2n) is 6.44. The predicted molar refractivity (Wildman–Crippen MR) is 110 cm³/mol. The van der Waals surface area contributed by atoms with Crippen LogP contribution in [0.1, 0.15) is 30.4 Å². The van der Waals surface area contributed by atoms with E-state index in [1.54, 1.807) is 6.92 Å². The molecule has 3 aromatic carbocycles. The van der Waals surface area contributed by atoms with Crippen molar-refractivity contribution in [1.29, 1.82) is 0 Å². The first-order valence-electron chi connectivity index (χ1n) is 9.31. The topological polar surface area (TPSA) is 58.6 Å². The average Bonchev–Trinajstić information content (AvgIpc) is 2.73. The fourth-order valence-electron chi connectivity index (χ4n) is 2.88. The number of benzene rings is 3. The minimum absolute atomic E-state index is 0. The number of carbonyl (C=O) groups is 1. The molecule has 0 saturated carbocycles. The first-order valence-corrected chi connectivity index (χ1v) is 9.31. The summed E-state index contributed by atoms with van der Waals surface area (Å²) in [5, 5.41) is 10.9. The second kappa shape index (κ2) is 12.1. The van der Waals surface area contributed by atoms with Gasteiger partial charge in [-0.1, -0.05) is 48.4 Å². The van der Waals surface area contributed by atoms with Crippen LogP contribution in [0.4, 0.5) is 0 Å². The summed E-state index contributed by atoms with van der Waals surface area (Å²) in [5.41, 5.74) is 1.81. The molecule has 4 nitrogen and oxygen atoms in total. The van der Waals surface area contributed by atoms with E-state index in [0.717, 1.165) is 22.6 Å². The van der Waals surface area contributed by atoms with Crippen LogP contribution in [-0.4, -0.2) is 5.97 Å². The molecule has 1 atom stereocenters. The third-order valence-corrected chi connectivity index (χ3v) is 4.25. The number of carbonyl (C=O) groups excluding carboxylic acids is 1. The molecule has 30 heavy (non-hydrogen) atoms. The Labute approximate surface area is 199 Å². The molecular weight excluding hydrogens is 387 g/mol. The molecule has 0 aliphatic carbocycles. The molecule has 5 heteroatoms. The third kappa shape index (κ3) is 7.27. The zero-order valence-corrected chi connectivity index (χ0v) is 19.1. The second-order valence-corrected chi connectivity index (χ2v) is 6.44. The minimum Gasteiger partial charge on any atom is -0.550 e. The first-order chi connectivity index (χ1) is 14.1. The Hall–Kier alpha value is -2.71. The van der Waals surface area contributed by atoms with E-state index in [1.807, 2.05) is 78.9 Å². The molecule has 3 rings (SSSR count). The Morgan fingerprint density at radius 1 is 0.933 bits per heavy atom. The maximum absolute atomic E-state index is 10.9. The van der Waals surface area contributed by atoms with Gasteiger partial charge in [0, 0.05) is 12.4 Å². The molecule has 146 valence electrons. The smallest absolute Gasteiger partial charge is 0.550 e. The Balaban J connectivity index is 0.00000320. The molecule has 0 aliphatic rings. The van der Waals surface area contributed by atoms with Crippen molar-refractivity contribution < 1.29 is 48.9 Å². The van der Waals surface area contributed by atoms with Gasteiger partial charge in [0.2, 0.25) is 0 Å². The summed E-state index contributed by atoms with van der Waals surface area (Å²) in [7, 11) is 0. The van der Waals surface area contributed by atoms with Crippen LogP contribution in [-0.2, 0) is 11.4 Å². The van der Waals surface area contributed by atoms with Crippen molar-refractivity contribution in [3.63, 3.8) is 0 Å². The van der Waals surface area contributed by atoms with E-state index in [1.165, 1.54) is 0 Å². The van der Waals surface area contributed by atoms with Gasteiger partial charge in [-0.05, 0) is 54.4 Å². The SMILES string of the molecule is CC#CC(CC(=O)[O-])c1ccc(OCc2cccc(Oc3ccccc3)c2)cc1.[Na+]. The predicted octanol–water partition coefficient (Wildman–Crippen LogP) is 1.31. The number of carboxylic acid groups (broad SMARTS) is 1. The fourth-order valence-corrected chi connectivity index (χ4v) is 2.88. The van der Waals surface area contributed by atoms with Crippen molar-refractivity contribution in [2.45, 2.75) is 25.9 Å². The molecule has 3 aromatic rings. The van der Waals surface area contributed by atoms with Crippen LogP contribution in [0.25, 0.3) is 0 Å².